The lowest BCUT2D eigenvalue weighted by molar-refractivity contribution is 0.467. The Kier molecular flexibility index (Phi) is 5.00. The second-order valence-electron chi connectivity index (χ2n) is 4.70. The van der Waals surface area contributed by atoms with Crippen molar-refractivity contribution in [3.8, 4) is 0 Å². The lowest BCUT2D eigenvalue weighted by Crippen LogP contribution is -2.26. The van der Waals surface area contributed by atoms with Gasteiger partial charge in [0.25, 0.3) is 0 Å². The molecule has 4 nitrogen and oxygen atoms in total. The van der Waals surface area contributed by atoms with Crippen LogP contribution in [0.1, 0.15) is 11.1 Å². The Morgan fingerprint density at radius 2 is 1.71 bits per heavy atom. The van der Waals surface area contributed by atoms with Crippen LogP contribution in [0.15, 0.2) is 53.4 Å². The predicted octanol–water partition coefficient (Wildman–Crippen LogP) is 2.62. The smallest absolute Gasteiger partial charge is 0.243 e. The molecule has 112 valence electrons. The summed E-state index contributed by atoms with van der Waals surface area (Å²) in [6, 6.07) is 13.8. The van der Waals surface area contributed by atoms with Gasteiger partial charge in [-0.2, -0.15) is 4.31 Å². The molecule has 0 aliphatic heterocycles. The summed E-state index contributed by atoms with van der Waals surface area (Å²) < 4.78 is 26.3. The van der Waals surface area contributed by atoms with Crippen LogP contribution < -0.4 is 5.73 Å². The Morgan fingerprint density at radius 3 is 2.29 bits per heavy atom. The Morgan fingerprint density at radius 1 is 1.10 bits per heavy atom. The largest absolute Gasteiger partial charge is 0.326 e. The quantitative estimate of drug-likeness (QED) is 0.919. The third-order valence-corrected chi connectivity index (χ3v) is 5.40. The monoisotopic (exact) mass is 324 g/mol. The number of halogens is 1. The summed E-state index contributed by atoms with van der Waals surface area (Å²) in [7, 11) is -2.01. The highest BCUT2D eigenvalue weighted by molar-refractivity contribution is 7.89. The molecule has 0 radical (unpaired) electrons. The van der Waals surface area contributed by atoms with E-state index in [0.717, 1.165) is 11.1 Å². The second-order valence-corrected chi connectivity index (χ2v) is 7.15. The summed E-state index contributed by atoms with van der Waals surface area (Å²) in [4.78, 5) is 0.245. The molecule has 0 aliphatic carbocycles. The Hall–Kier alpha value is -1.40. The van der Waals surface area contributed by atoms with E-state index in [-0.39, 0.29) is 11.4 Å². The maximum Gasteiger partial charge on any atom is 0.243 e. The molecule has 0 amide bonds. The summed E-state index contributed by atoms with van der Waals surface area (Å²) in [5.74, 6) is 0. The van der Waals surface area contributed by atoms with E-state index in [9.17, 15) is 8.42 Å². The molecule has 6 heteroatoms. The van der Waals surface area contributed by atoms with Gasteiger partial charge in [-0.25, -0.2) is 8.42 Å². The first kappa shape index (κ1) is 16.0. The highest BCUT2D eigenvalue weighted by Gasteiger charge is 2.21. The van der Waals surface area contributed by atoms with E-state index in [1.54, 1.807) is 30.3 Å². The van der Waals surface area contributed by atoms with Crippen molar-refractivity contribution in [3.05, 3.63) is 64.7 Å². The molecule has 0 fully saturated rings. The molecule has 2 N–H and O–H groups in total. The molecule has 0 unspecified atom stereocenters. The first-order valence-electron chi connectivity index (χ1n) is 6.44. The molecule has 2 rings (SSSR count). The van der Waals surface area contributed by atoms with Crippen molar-refractivity contribution in [2.75, 3.05) is 7.05 Å². The number of rotatable bonds is 5. The Balaban J connectivity index is 2.24. The third kappa shape index (κ3) is 3.63. The minimum atomic E-state index is -3.55. The van der Waals surface area contributed by atoms with E-state index in [4.69, 9.17) is 17.3 Å². The summed E-state index contributed by atoms with van der Waals surface area (Å²) in [5, 5.41) is 0.554. The molecule has 0 heterocycles. The summed E-state index contributed by atoms with van der Waals surface area (Å²) in [6.07, 6.45) is 0. The topological polar surface area (TPSA) is 63.4 Å². The highest BCUT2D eigenvalue weighted by atomic mass is 35.5. The van der Waals surface area contributed by atoms with Gasteiger partial charge in [0.2, 0.25) is 10.0 Å². The zero-order valence-electron chi connectivity index (χ0n) is 11.7. The fraction of sp³-hybridized carbons (Fsp3) is 0.200. The van der Waals surface area contributed by atoms with Gasteiger partial charge in [-0.3, -0.25) is 0 Å². The van der Waals surface area contributed by atoms with Crippen molar-refractivity contribution in [2.45, 2.75) is 18.0 Å². The Labute approximate surface area is 130 Å². The average molecular weight is 325 g/mol. The fourth-order valence-electron chi connectivity index (χ4n) is 1.93. The van der Waals surface area contributed by atoms with Crippen molar-refractivity contribution < 1.29 is 8.42 Å². The van der Waals surface area contributed by atoms with Crippen LogP contribution in [0, 0.1) is 0 Å². The van der Waals surface area contributed by atoms with Crippen LogP contribution in [0.5, 0.6) is 0 Å². The van der Waals surface area contributed by atoms with E-state index in [1.165, 1.54) is 11.4 Å². The molecule has 0 aliphatic rings. The molecule has 0 aromatic heterocycles. The van der Waals surface area contributed by atoms with Crippen LogP contribution >= 0.6 is 11.6 Å². The number of hydrogen-bond donors (Lipinski definition) is 1. The highest BCUT2D eigenvalue weighted by Crippen LogP contribution is 2.21. The third-order valence-electron chi connectivity index (χ3n) is 3.22. The lowest BCUT2D eigenvalue weighted by atomic mass is 10.2. The van der Waals surface area contributed by atoms with Gasteiger partial charge < -0.3 is 5.73 Å². The number of nitrogens with two attached hydrogens (primary N) is 1. The van der Waals surface area contributed by atoms with Crippen LogP contribution in [0.3, 0.4) is 0 Å². The van der Waals surface area contributed by atoms with E-state index in [0.29, 0.717) is 11.6 Å². The predicted molar refractivity (Wildman–Crippen MR) is 84.4 cm³/mol. The molecule has 0 atom stereocenters. The fourth-order valence-corrected chi connectivity index (χ4v) is 3.27. The molecule has 2 aromatic carbocycles. The zero-order chi connectivity index (χ0) is 15.5. The SMILES string of the molecule is CN(Cc1ccccc1Cl)S(=O)(=O)c1ccc(CN)cc1. The Bertz CT molecular complexity index is 715. The first-order valence-corrected chi connectivity index (χ1v) is 8.25. The maximum absolute atomic E-state index is 12.5. The molecule has 0 saturated carbocycles. The van der Waals surface area contributed by atoms with Gasteiger partial charge in [0.05, 0.1) is 4.90 Å². The summed E-state index contributed by atoms with van der Waals surface area (Å²) in [6.45, 7) is 0.608. The zero-order valence-corrected chi connectivity index (χ0v) is 13.2. The summed E-state index contributed by atoms with van der Waals surface area (Å²) >= 11 is 6.07. The molecule has 0 bridgehead atoms. The van der Waals surface area contributed by atoms with Crippen molar-refractivity contribution in [1.82, 2.24) is 4.31 Å². The number of benzene rings is 2. The number of hydrogen-bond acceptors (Lipinski definition) is 3. The van der Waals surface area contributed by atoms with Crippen LogP contribution in [-0.2, 0) is 23.1 Å². The van der Waals surface area contributed by atoms with Gasteiger partial charge in [0.15, 0.2) is 0 Å². The van der Waals surface area contributed by atoms with Crippen LogP contribution in [0.2, 0.25) is 5.02 Å². The van der Waals surface area contributed by atoms with E-state index >= 15 is 0 Å². The lowest BCUT2D eigenvalue weighted by Gasteiger charge is -2.18. The molecule has 2 aromatic rings. The minimum Gasteiger partial charge on any atom is -0.326 e. The van der Waals surface area contributed by atoms with Gasteiger partial charge in [-0.05, 0) is 29.3 Å². The van der Waals surface area contributed by atoms with Crippen LogP contribution in [-0.4, -0.2) is 19.8 Å². The van der Waals surface area contributed by atoms with Crippen LogP contribution in [0.25, 0.3) is 0 Å². The van der Waals surface area contributed by atoms with Gasteiger partial charge in [-0.1, -0.05) is 41.9 Å². The van der Waals surface area contributed by atoms with Gasteiger partial charge >= 0.3 is 0 Å². The minimum absolute atomic E-state index is 0.223. The van der Waals surface area contributed by atoms with Crippen molar-refractivity contribution in [3.63, 3.8) is 0 Å². The number of sulfonamides is 1. The molecule has 21 heavy (non-hydrogen) atoms. The van der Waals surface area contributed by atoms with E-state index < -0.39 is 10.0 Å². The van der Waals surface area contributed by atoms with Gasteiger partial charge in [0.1, 0.15) is 0 Å². The maximum atomic E-state index is 12.5. The van der Waals surface area contributed by atoms with Crippen molar-refractivity contribution >= 4 is 21.6 Å². The number of nitrogens with zero attached hydrogens (tertiary/aromatic N) is 1. The van der Waals surface area contributed by atoms with Gasteiger partial charge in [-0.15, -0.1) is 0 Å². The molecular weight excluding hydrogens is 308 g/mol. The van der Waals surface area contributed by atoms with Gasteiger partial charge in [0, 0.05) is 25.2 Å². The molecular formula is C15H17ClN2O2S. The first-order chi connectivity index (χ1) is 9.95. The van der Waals surface area contributed by atoms with Crippen molar-refractivity contribution in [1.29, 1.82) is 0 Å². The standard InChI is InChI=1S/C15H17ClN2O2S/c1-18(11-13-4-2-3-5-15(13)16)21(19,20)14-8-6-12(10-17)7-9-14/h2-9H,10-11,17H2,1H3. The second kappa shape index (κ2) is 6.58. The molecule has 0 spiro atoms. The normalized spacial score (nSPS) is 11.8. The average Bonchev–Trinajstić information content (AvgIpc) is 2.49. The van der Waals surface area contributed by atoms with Crippen molar-refractivity contribution in [2.24, 2.45) is 5.73 Å². The van der Waals surface area contributed by atoms with E-state index in [2.05, 4.69) is 0 Å². The van der Waals surface area contributed by atoms with Crippen LogP contribution in [0.4, 0.5) is 0 Å². The molecule has 0 saturated heterocycles. The van der Waals surface area contributed by atoms with E-state index in [1.807, 2.05) is 18.2 Å². The summed E-state index contributed by atoms with van der Waals surface area (Å²) in [5.41, 5.74) is 7.17.